The van der Waals surface area contributed by atoms with Crippen molar-refractivity contribution in [2.24, 2.45) is 11.8 Å². The van der Waals surface area contributed by atoms with Crippen LogP contribution in [0.25, 0.3) is 0 Å². The largest absolute Gasteiger partial charge is 0.503 e. The molecule has 188 valence electrons. The maximum Gasteiger partial charge on any atom is 0.331 e. The maximum atomic E-state index is 13.0. The summed E-state index contributed by atoms with van der Waals surface area (Å²) in [4.78, 5) is 29.7. The van der Waals surface area contributed by atoms with E-state index in [1.165, 1.54) is 32.2 Å². The maximum absolute atomic E-state index is 13.0. The lowest BCUT2D eigenvalue weighted by Crippen LogP contribution is -2.46. The van der Waals surface area contributed by atoms with Gasteiger partial charge in [0.1, 0.15) is 6.10 Å². The van der Waals surface area contributed by atoms with Crippen LogP contribution in [0.4, 0.5) is 0 Å². The lowest BCUT2D eigenvalue weighted by atomic mass is 9.89. The minimum absolute atomic E-state index is 0.0939. The quantitative estimate of drug-likeness (QED) is 0.549. The summed E-state index contributed by atoms with van der Waals surface area (Å²) >= 11 is 0. The summed E-state index contributed by atoms with van der Waals surface area (Å²) in [6.07, 6.45) is 3.59. The van der Waals surface area contributed by atoms with E-state index < -0.39 is 29.8 Å². The van der Waals surface area contributed by atoms with E-state index in [0.29, 0.717) is 18.9 Å². The van der Waals surface area contributed by atoms with E-state index in [1.54, 1.807) is 0 Å². The Morgan fingerprint density at radius 2 is 1.97 bits per heavy atom. The third-order valence-corrected chi connectivity index (χ3v) is 6.42. The van der Waals surface area contributed by atoms with Crippen molar-refractivity contribution in [2.75, 3.05) is 26.9 Å². The minimum atomic E-state index is -1.07. The van der Waals surface area contributed by atoms with Crippen molar-refractivity contribution in [3.05, 3.63) is 53.9 Å². The molecule has 35 heavy (non-hydrogen) atoms. The molecule has 0 unspecified atom stereocenters. The number of nitrogens with one attached hydrogen (secondary N) is 1. The number of aromatic hydroxyl groups is 1. The molecule has 1 aliphatic carbocycles. The predicted octanol–water partition coefficient (Wildman–Crippen LogP) is 2.51. The first-order valence-corrected chi connectivity index (χ1v) is 11.9. The normalized spacial score (nSPS) is 25.0. The van der Waals surface area contributed by atoms with Gasteiger partial charge in [-0.15, -0.1) is 0 Å². The molecule has 1 aromatic carbocycles. The van der Waals surface area contributed by atoms with Crippen LogP contribution in [-0.2, 0) is 25.4 Å². The highest BCUT2D eigenvalue weighted by atomic mass is 16.6. The number of aromatic nitrogens is 1. The van der Waals surface area contributed by atoms with Gasteiger partial charge in [0.05, 0.1) is 26.4 Å². The molecule has 0 bridgehead atoms. The van der Waals surface area contributed by atoms with Crippen LogP contribution in [0.5, 0.6) is 11.5 Å². The Hall–Kier alpha value is -3.17. The zero-order valence-corrected chi connectivity index (χ0v) is 20.0. The monoisotopic (exact) mass is 484 g/mol. The Balaban J connectivity index is 1.49. The summed E-state index contributed by atoms with van der Waals surface area (Å²) in [6.45, 7) is 2.67. The summed E-state index contributed by atoms with van der Waals surface area (Å²) in [5.74, 6) is -1.21. The highest BCUT2D eigenvalue weighted by molar-refractivity contribution is 5.98. The fourth-order valence-electron chi connectivity index (χ4n) is 4.14. The van der Waals surface area contributed by atoms with E-state index in [0.717, 1.165) is 5.56 Å². The Bertz CT molecular complexity index is 1010. The number of hydrogen-bond acceptors (Lipinski definition) is 8. The van der Waals surface area contributed by atoms with Crippen LogP contribution in [0.15, 0.2) is 42.6 Å². The molecule has 2 N–H and O–H groups in total. The number of methoxy groups -OCH3 is 1. The van der Waals surface area contributed by atoms with Crippen LogP contribution in [-0.4, -0.2) is 67.1 Å². The number of hydrogen-bond donors (Lipinski definition) is 2. The second-order valence-corrected chi connectivity index (χ2v) is 9.08. The molecule has 2 aliphatic rings. The van der Waals surface area contributed by atoms with Gasteiger partial charge < -0.3 is 29.4 Å². The molecule has 1 aromatic heterocycles. The fourth-order valence-corrected chi connectivity index (χ4v) is 4.14. The molecule has 1 saturated heterocycles. The average molecular weight is 485 g/mol. The van der Waals surface area contributed by atoms with Crippen LogP contribution < -0.4 is 10.1 Å². The van der Waals surface area contributed by atoms with E-state index >= 15 is 0 Å². The Morgan fingerprint density at radius 3 is 2.69 bits per heavy atom. The second kappa shape index (κ2) is 11.5. The molecule has 4 rings (SSSR count). The molecule has 1 amide bonds. The van der Waals surface area contributed by atoms with Crippen LogP contribution >= 0.6 is 0 Å². The second-order valence-electron chi connectivity index (χ2n) is 9.08. The summed E-state index contributed by atoms with van der Waals surface area (Å²) in [5, 5.41) is 12.8. The SMILES string of the molecule is COc1ccnc(C(=O)N[C@H]2COC[C@H](OCC3CC3)[C@@H](Cc3ccccc3)[C@H](C)OC2=O)c1O. The molecule has 1 saturated carbocycles. The first-order chi connectivity index (χ1) is 17.0. The smallest absolute Gasteiger partial charge is 0.331 e. The highest BCUT2D eigenvalue weighted by Gasteiger charge is 2.37. The Kier molecular flexibility index (Phi) is 8.20. The summed E-state index contributed by atoms with van der Waals surface area (Å²) in [5.41, 5.74) is 0.863. The standard InChI is InChI=1S/C26H32N2O7/c1-16-19(12-17-6-4-3-5-7-17)22(34-13-18-8-9-18)15-33-14-20(26(31)35-16)28-25(30)23-24(29)21(32-2)10-11-27-23/h3-7,10-11,16,18-20,22,29H,8-9,12-15H2,1-2H3,(H,28,30)/t16-,19-,20-,22-/m0/s1. The van der Waals surface area contributed by atoms with Gasteiger partial charge in [-0.1, -0.05) is 30.3 Å². The summed E-state index contributed by atoms with van der Waals surface area (Å²) in [6, 6.07) is 10.4. The number of carbonyl (C=O) groups excluding carboxylic acids is 2. The number of carbonyl (C=O) groups is 2. The number of ether oxygens (including phenoxy) is 4. The van der Waals surface area contributed by atoms with Crippen LogP contribution in [0.1, 0.15) is 35.8 Å². The van der Waals surface area contributed by atoms with E-state index in [2.05, 4.69) is 10.3 Å². The van der Waals surface area contributed by atoms with Gasteiger partial charge in [0, 0.05) is 24.8 Å². The molecule has 2 fully saturated rings. The van der Waals surface area contributed by atoms with E-state index in [-0.39, 0.29) is 36.7 Å². The third-order valence-electron chi connectivity index (χ3n) is 6.42. The van der Waals surface area contributed by atoms with Gasteiger partial charge in [-0.25, -0.2) is 9.78 Å². The van der Waals surface area contributed by atoms with Gasteiger partial charge in [0.2, 0.25) is 0 Å². The molecule has 1 aliphatic heterocycles. The number of rotatable bonds is 8. The number of nitrogens with zero attached hydrogens (tertiary/aromatic N) is 1. The molecule has 9 nitrogen and oxygen atoms in total. The van der Waals surface area contributed by atoms with E-state index in [1.807, 2.05) is 37.3 Å². The number of pyridine rings is 1. The summed E-state index contributed by atoms with van der Waals surface area (Å²) in [7, 11) is 1.37. The fraction of sp³-hybridized carbons (Fsp3) is 0.500. The zero-order chi connectivity index (χ0) is 24.8. The zero-order valence-electron chi connectivity index (χ0n) is 20.0. The van der Waals surface area contributed by atoms with Gasteiger partial charge in [-0.2, -0.15) is 0 Å². The highest BCUT2D eigenvalue weighted by Crippen LogP contribution is 2.31. The van der Waals surface area contributed by atoms with Crippen molar-refractivity contribution in [3.63, 3.8) is 0 Å². The predicted molar refractivity (Wildman–Crippen MR) is 126 cm³/mol. The van der Waals surface area contributed by atoms with Crippen LogP contribution in [0.3, 0.4) is 0 Å². The van der Waals surface area contributed by atoms with E-state index in [4.69, 9.17) is 18.9 Å². The number of esters is 1. The van der Waals surface area contributed by atoms with Gasteiger partial charge in [0.25, 0.3) is 5.91 Å². The first kappa shape index (κ1) is 24.9. The number of amides is 1. The van der Waals surface area contributed by atoms with Crippen molar-refractivity contribution >= 4 is 11.9 Å². The molecule has 0 radical (unpaired) electrons. The van der Waals surface area contributed by atoms with Gasteiger partial charge in [0.15, 0.2) is 23.2 Å². The third kappa shape index (κ3) is 6.49. The lowest BCUT2D eigenvalue weighted by Gasteiger charge is -2.31. The molecule has 2 heterocycles. The summed E-state index contributed by atoms with van der Waals surface area (Å²) < 4.78 is 23.0. The van der Waals surface area contributed by atoms with E-state index in [9.17, 15) is 14.7 Å². The Morgan fingerprint density at radius 1 is 1.20 bits per heavy atom. The molecule has 2 aromatic rings. The topological polar surface area (TPSA) is 116 Å². The Labute approximate surface area is 204 Å². The molecular formula is C26H32N2O7. The van der Waals surface area contributed by atoms with Crippen molar-refractivity contribution in [1.82, 2.24) is 10.3 Å². The van der Waals surface area contributed by atoms with Crippen LogP contribution in [0, 0.1) is 11.8 Å². The van der Waals surface area contributed by atoms with Gasteiger partial charge >= 0.3 is 5.97 Å². The first-order valence-electron chi connectivity index (χ1n) is 11.9. The molecule has 0 spiro atoms. The molecule has 4 atom stereocenters. The molecule has 9 heteroatoms. The van der Waals surface area contributed by atoms with Crippen molar-refractivity contribution in [1.29, 1.82) is 0 Å². The average Bonchev–Trinajstić information content (AvgIpc) is 3.68. The van der Waals surface area contributed by atoms with Crippen molar-refractivity contribution in [2.45, 2.75) is 44.4 Å². The van der Waals surface area contributed by atoms with Crippen molar-refractivity contribution < 1.29 is 33.6 Å². The van der Waals surface area contributed by atoms with Crippen LogP contribution in [0.2, 0.25) is 0 Å². The van der Waals surface area contributed by atoms with Crippen molar-refractivity contribution in [3.8, 4) is 11.5 Å². The number of cyclic esters (lactones) is 1. The lowest BCUT2D eigenvalue weighted by molar-refractivity contribution is -0.155. The van der Waals surface area contributed by atoms with Gasteiger partial charge in [-0.05, 0) is 37.7 Å². The number of benzene rings is 1. The molecular weight excluding hydrogens is 452 g/mol. The van der Waals surface area contributed by atoms with Gasteiger partial charge in [-0.3, -0.25) is 4.79 Å². The minimum Gasteiger partial charge on any atom is -0.503 e.